The van der Waals surface area contributed by atoms with Crippen molar-refractivity contribution in [1.29, 1.82) is 0 Å². The van der Waals surface area contributed by atoms with E-state index < -0.39 is 0 Å². The molecule has 1 aliphatic heterocycles. The summed E-state index contributed by atoms with van der Waals surface area (Å²) in [6, 6.07) is 14.8. The van der Waals surface area contributed by atoms with E-state index in [-0.39, 0.29) is 6.03 Å². The predicted molar refractivity (Wildman–Crippen MR) is 132 cm³/mol. The van der Waals surface area contributed by atoms with Gasteiger partial charge in [-0.2, -0.15) is 0 Å². The van der Waals surface area contributed by atoms with Crippen LogP contribution in [0.5, 0.6) is 5.75 Å². The number of hydrogen-bond donors (Lipinski definition) is 1. The van der Waals surface area contributed by atoms with Crippen LogP contribution in [0.2, 0.25) is 0 Å². The van der Waals surface area contributed by atoms with Crippen molar-refractivity contribution in [3.63, 3.8) is 0 Å². The first kappa shape index (κ1) is 24.1. The van der Waals surface area contributed by atoms with Gasteiger partial charge in [-0.05, 0) is 82.3 Å². The zero-order chi connectivity index (χ0) is 22.9. The maximum absolute atomic E-state index is 13.3. The van der Waals surface area contributed by atoms with Gasteiger partial charge in [-0.25, -0.2) is 4.79 Å². The smallest absolute Gasteiger partial charge is 0.322 e. The number of carbonyl (C=O) groups excluding carboxylic acids is 1. The van der Waals surface area contributed by atoms with Crippen LogP contribution < -0.4 is 10.1 Å². The maximum Gasteiger partial charge on any atom is 0.322 e. The second kappa shape index (κ2) is 11.9. The molecule has 0 aliphatic carbocycles. The lowest BCUT2D eigenvalue weighted by atomic mass is 10.0. The van der Waals surface area contributed by atoms with Gasteiger partial charge in [-0.1, -0.05) is 36.8 Å². The molecule has 1 aliphatic rings. The molecule has 1 N–H and O–H groups in total. The van der Waals surface area contributed by atoms with Crippen LogP contribution in [-0.2, 0) is 6.54 Å². The molecule has 2 aromatic carbocycles. The van der Waals surface area contributed by atoms with E-state index in [1.165, 1.54) is 25.8 Å². The second-order valence-corrected chi connectivity index (χ2v) is 8.93. The Morgan fingerprint density at radius 2 is 1.84 bits per heavy atom. The standard InChI is InChI=1S/C27H39N3O2/c1-5-32-25-15-13-24(14-16-25)20-30(19-9-18-29-17-7-6-12-23(29)4)27(31)28-26-21(2)10-8-11-22(26)3/h8,10-11,13-16,23H,5-7,9,12,17-20H2,1-4H3,(H,28,31). The minimum Gasteiger partial charge on any atom is -0.494 e. The predicted octanol–water partition coefficient (Wildman–Crippen LogP) is 6.00. The summed E-state index contributed by atoms with van der Waals surface area (Å²) >= 11 is 0. The number of para-hydroxylation sites is 1. The maximum atomic E-state index is 13.3. The molecule has 0 spiro atoms. The van der Waals surface area contributed by atoms with E-state index in [1.807, 2.05) is 56.0 Å². The van der Waals surface area contributed by atoms with Gasteiger partial charge >= 0.3 is 6.03 Å². The first-order valence-electron chi connectivity index (χ1n) is 12.1. The Labute approximate surface area is 193 Å². The Morgan fingerprint density at radius 1 is 1.12 bits per heavy atom. The van der Waals surface area contributed by atoms with Crippen molar-refractivity contribution in [3.05, 3.63) is 59.2 Å². The van der Waals surface area contributed by atoms with Crippen molar-refractivity contribution in [2.24, 2.45) is 0 Å². The van der Waals surface area contributed by atoms with E-state index in [2.05, 4.69) is 29.3 Å². The fourth-order valence-electron chi connectivity index (χ4n) is 4.48. The molecule has 0 aromatic heterocycles. The van der Waals surface area contributed by atoms with Crippen molar-refractivity contribution in [1.82, 2.24) is 9.80 Å². The highest BCUT2D eigenvalue weighted by Crippen LogP contribution is 2.21. The number of aryl methyl sites for hydroxylation is 2. The number of carbonyl (C=O) groups is 1. The molecule has 5 heteroatoms. The van der Waals surface area contributed by atoms with Gasteiger partial charge in [-0.15, -0.1) is 0 Å². The Balaban J connectivity index is 1.68. The van der Waals surface area contributed by atoms with Crippen LogP contribution in [0.1, 0.15) is 56.2 Å². The van der Waals surface area contributed by atoms with Crippen molar-refractivity contribution in [2.75, 3.05) is 31.6 Å². The number of anilines is 1. The summed E-state index contributed by atoms with van der Waals surface area (Å²) < 4.78 is 5.56. The molecule has 0 saturated carbocycles. The molecule has 1 heterocycles. The fraction of sp³-hybridized carbons (Fsp3) is 0.519. The Bertz CT molecular complexity index is 845. The monoisotopic (exact) mass is 437 g/mol. The summed E-state index contributed by atoms with van der Waals surface area (Å²) in [7, 11) is 0. The molecule has 1 fully saturated rings. The van der Waals surface area contributed by atoms with E-state index in [0.29, 0.717) is 19.2 Å². The largest absolute Gasteiger partial charge is 0.494 e. The minimum atomic E-state index is -0.0389. The van der Waals surface area contributed by atoms with E-state index in [4.69, 9.17) is 4.74 Å². The van der Waals surface area contributed by atoms with Crippen molar-refractivity contribution in [3.8, 4) is 5.75 Å². The SMILES string of the molecule is CCOc1ccc(CN(CCCN2CCCCC2C)C(=O)Nc2c(C)cccc2C)cc1. The number of benzene rings is 2. The van der Waals surface area contributed by atoms with E-state index >= 15 is 0 Å². The van der Waals surface area contributed by atoms with Gasteiger partial charge in [0.2, 0.25) is 0 Å². The molecule has 1 unspecified atom stereocenters. The molecule has 32 heavy (non-hydrogen) atoms. The van der Waals surface area contributed by atoms with Gasteiger partial charge < -0.3 is 19.9 Å². The number of nitrogens with one attached hydrogen (secondary N) is 1. The van der Waals surface area contributed by atoms with Crippen LogP contribution in [-0.4, -0.2) is 48.1 Å². The normalized spacial score (nSPS) is 16.6. The molecular weight excluding hydrogens is 398 g/mol. The highest BCUT2D eigenvalue weighted by atomic mass is 16.5. The molecule has 3 rings (SSSR count). The molecule has 1 saturated heterocycles. The van der Waals surface area contributed by atoms with Gasteiger partial charge in [0.05, 0.1) is 6.61 Å². The summed E-state index contributed by atoms with van der Waals surface area (Å²) in [6.07, 6.45) is 4.87. The third-order valence-corrected chi connectivity index (χ3v) is 6.42. The molecule has 174 valence electrons. The molecule has 0 bridgehead atoms. The summed E-state index contributed by atoms with van der Waals surface area (Å²) in [5, 5.41) is 3.18. The average Bonchev–Trinajstić information content (AvgIpc) is 2.78. The van der Waals surface area contributed by atoms with Crippen molar-refractivity contribution >= 4 is 11.7 Å². The lowest BCUT2D eigenvalue weighted by Crippen LogP contribution is -2.41. The van der Waals surface area contributed by atoms with Crippen LogP contribution in [0.15, 0.2) is 42.5 Å². The van der Waals surface area contributed by atoms with Crippen LogP contribution in [0, 0.1) is 13.8 Å². The number of piperidine rings is 1. The average molecular weight is 438 g/mol. The fourth-order valence-corrected chi connectivity index (χ4v) is 4.48. The number of rotatable bonds is 9. The zero-order valence-electron chi connectivity index (χ0n) is 20.2. The lowest BCUT2D eigenvalue weighted by molar-refractivity contribution is 0.150. The van der Waals surface area contributed by atoms with Gasteiger partial charge in [0.15, 0.2) is 0 Å². The van der Waals surface area contributed by atoms with Crippen molar-refractivity contribution in [2.45, 2.75) is 66.0 Å². The molecule has 1 atom stereocenters. The van der Waals surface area contributed by atoms with Crippen molar-refractivity contribution < 1.29 is 9.53 Å². The highest BCUT2D eigenvalue weighted by Gasteiger charge is 2.20. The summed E-state index contributed by atoms with van der Waals surface area (Å²) in [5.41, 5.74) is 4.19. The highest BCUT2D eigenvalue weighted by molar-refractivity contribution is 5.91. The topological polar surface area (TPSA) is 44.8 Å². The lowest BCUT2D eigenvalue weighted by Gasteiger charge is -2.34. The quantitative estimate of drug-likeness (QED) is 0.523. The molecule has 0 radical (unpaired) electrons. The van der Waals surface area contributed by atoms with Crippen LogP contribution in [0.3, 0.4) is 0 Å². The number of likely N-dealkylation sites (tertiary alicyclic amines) is 1. The van der Waals surface area contributed by atoms with E-state index in [0.717, 1.165) is 47.6 Å². The van der Waals surface area contributed by atoms with E-state index in [1.54, 1.807) is 0 Å². The number of ether oxygens (including phenoxy) is 1. The molecule has 5 nitrogen and oxygen atoms in total. The Morgan fingerprint density at radius 3 is 2.50 bits per heavy atom. The van der Waals surface area contributed by atoms with Gasteiger partial charge in [0.25, 0.3) is 0 Å². The Hall–Kier alpha value is -2.53. The number of nitrogens with zero attached hydrogens (tertiary/aromatic N) is 2. The zero-order valence-corrected chi connectivity index (χ0v) is 20.2. The van der Waals surface area contributed by atoms with Gasteiger partial charge in [-0.3, -0.25) is 0 Å². The number of amides is 2. The van der Waals surface area contributed by atoms with Crippen LogP contribution in [0.25, 0.3) is 0 Å². The molecule has 2 aromatic rings. The van der Waals surface area contributed by atoms with Crippen LogP contribution in [0.4, 0.5) is 10.5 Å². The van der Waals surface area contributed by atoms with Gasteiger partial charge in [0.1, 0.15) is 5.75 Å². The first-order valence-corrected chi connectivity index (χ1v) is 12.1. The summed E-state index contributed by atoms with van der Waals surface area (Å²) in [5.74, 6) is 0.863. The summed E-state index contributed by atoms with van der Waals surface area (Å²) in [4.78, 5) is 17.8. The summed E-state index contributed by atoms with van der Waals surface area (Å²) in [6.45, 7) is 12.6. The van der Waals surface area contributed by atoms with Gasteiger partial charge in [0, 0.05) is 31.4 Å². The third-order valence-electron chi connectivity index (χ3n) is 6.42. The second-order valence-electron chi connectivity index (χ2n) is 8.93. The van der Waals surface area contributed by atoms with E-state index in [9.17, 15) is 4.79 Å². The molecule has 2 amide bonds. The Kier molecular flexibility index (Phi) is 8.98. The third kappa shape index (κ3) is 6.73. The molecular formula is C27H39N3O2. The van der Waals surface area contributed by atoms with Crippen LogP contribution >= 0.6 is 0 Å². The number of urea groups is 1. The minimum absolute atomic E-state index is 0.0389. The number of hydrogen-bond acceptors (Lipinski definition) is 3. The first-order chi connectivity index (χ1) is 15.5.